The average Bonchev–Trinajstić information content (AvgIpc) is 2.32. The molecular formula is C13H26N2O. The summed E-state index contributed by atoms with van der Waals surface area (Å²) in [5, 5.41) is 6.44. The Morgan fingerprint density at radius 3 is 2.50 bits per heavy atom. The minimum Gasteiger partial charge on any atom is -0.356 e. The minimum absolute atomic E-state index is 0.216. The molecule has 0 aromatic carbocycles. The molecule has 16 heavy (non-hydrogen) atoms. The second kappa shape index (κ2) is 7.66. The fourth-order valence-electron chi connectivity index (χ4n) is 2.37. The number of nitrogens with one attached hydrogen (secondary N) is 2. The van der Waals surface area contributed by atoms with Crippen LogP contribution in [-0.2, 0) is 4.79 Å². The Bertz CT molecular complexity index is 196. The van der Waals surface area contributed by atoms with Crippen molar-refractivity contribution in [1.29, 1.82) is 0 Å². The standard InChI is InChI=1S/C13H26N2O/c1-3-12(4-2)13(16)15-10-7-11-5-8-14-9-6-11/h11-12,14H,3-10H2,1-2H3,(H,15,16). The second-order valence-electron chi connectivity index (χ2n) is 4.79. The van der Waals surface area contributed by atoms with Gasteiger partial charge in [0.1, 0.15) is 0 Å². The second-order valence-corrected chi connectivity index (χ2v) is 4.79. The predicted molar refractivity (Wildman–Crippen MR) is 67.3 cm³/mol. The minimum atomic E-state index is 0.216. The van der Waals surface area contributed by atoms with Crippen LogP contribution in [0.3, 0.4) is 0 Å². The van der Waals surface area contributed by atoms with Crippen LogP contribution in [0.25, 0.3) is 0 Å². The summed E-state index contributed by atoms with van der Waals surface area (Å²) in [6.45, 7) is 7.32. The van der Waals surface area contributed by atoms with Crippen LogP contribution in [0.5, 0.6) is 0 Å². The van der Waals surface area contributed by atoms with Crippen LogP contribution >= 0.6 is 0 Å². The van der Waals surface area contributed by atoms with Crippen LogP contribution in [-0.4, -0.2) is 25.5 Å². The van der Waals surface area contributed by atoms with Crippen molar-refractivity contribution < 1.29 is 4.79 Å². The molecule has 0 atom stereocenters. The van der Waals surface area contributed by atoms with Crippen molar-refractivity contribution in [3.8, 4) is 0 Å². The van der Waals surface area contributed by atoms with Gasteiger partial charge in [-0.3, -0.25) is 4.79 Å². The van der Waals surface area contributed by atoms with Gasteiger partial charge in [-0.05, 0) is 51.1 Å². The van der Waals surface area contributed by atoms with Crippen LogP contribution in [0.2, 0.25) is 0 Å². The van der Waals surface area contributed by atoms with Gasteiger partial charge in [-0.1, -0.05) is 13.8 Å². The van der Waals surface area contributed by atoms with Gasteiger partial charge in [0.05, 0.1) is 0 Å². The molecule has 1 heterocycles. The van der Waals surface area contributed by atoms with E-state index in [9.17, 15) is 4.79 Å². The van der Waals surface area contributed by atoms with Gasteiger partial charge in [-0.15, -0.1) is 0 Å². The van der Waals surface area contributed by atoms with Crippen LogP contribution in [0.4, 0.5) is 0 Å². The molecule has 1 aliphatic rings. The van der Waals surface area contributed by atoms with E-state index in [1.54, 1.807) is 0 Å². The molecule has 3 heteroatoms. The normalized spacial score (nSPS) is 17.7. The third-order valence-electron chi connectivity index (χ3n) is 3.67. The van der Waals surface area contributed by atoms with Gasteiger partial charge >= 0.3 is 0 Å². The summed E-state index contributed by atoms with van der Waals surface area (Å²) in [5.74, 6) is 1.27. The number of amides is 1. The Labute approximate surface area is 99.4 Å². The molecule has 1 saturated heterocycles. The molecule has 3 nitrogen and oxygen atoms in total. The molecule has 0 saturated carbocycles. The highest BCUT2D eigenvalue weighted by atomic mass is 16.1. The van der Waals surface area contributed by atoms with E-state index in [4.69, 9.17) is 0 Å². The molecule has 0 unspecified atom stereocenters. The maximum atomic E-state index is 11.7. The predicted octanol–water partition coefficient (Wildman–Crippen LogP) is 1.93. The van der Waals surface area contributed by atoms with Crippen molar-refractivity contribution in [1.82, 2.24) is 10.6 Å². The molecule has 0 aromatic rings. The lowest BCUT2D eigenvalue weighted by Crippen LogP contribution is -2.34. The number of rotatable bonds is 6. The summed E-state index contributed by atoms with van der Waals surface area (Å²) in [6.07, 6.45) is 5.58. The molecular weight excluding hydrogens is 200 g/mol. The lowest BCUT2D eigenvalue weighted by molar-refractivity contribution is -0.125. The van der Waals surface area contributed by atoms with E-state index in [-0.39, 0.29) is 11.8 Å². The molecule has 1 fully saturated rings. The maximum Gasteiger partial charge on any atom is 0.223 e. The van der Waals surface area contributed by atoms with Gasteiger partial charge in [0.25, 0.3) is 0 Å². The lowest BCUT2D eigenvalue weighted by atomic mass is 9.94. The van der Waals surface area contributed by atoms with Crippen molar-refractivity contribution in [2.45, 2.75) is 46.0 Å². The SMILES string of the molecule is CCC(CC)C(=O)NCCC1CCNCC1. The Morgan fingerprint density at radius 1 is 1.31 bits per heavy atom. The average molecular weight is 226 g/mol. The summed E-state index contributed by atoms with van der Waals surface area (Å²) < 4.78 is 0. The Hall–Kier alpha value is -0.570. The first-order chi connectivity index (χ1) is 7.77. The van der Waals surface area contributed by atoms with E-state index in [2.05, 4.69) is 24.5 Å². The van der Waals surface area contributed by atoms with Crippen molar-refractivity contribution in [2.24, 2.45) is 11.8 Å². The van der Waals surface area contributed by atoms with Gasteiger partial charge in [-0.25, -0.2) is 0 Å². The highest BCUT2D eigenvalue weighted by Crippen LogP contribution is 2.15. The van der Waals surface area contributed by atoms with Gasteiger partial charge < -0.3 is 10.6 Å². The molecule has 0 aliphatic carbocycles. The van der Waals surface area contributed by atoms with Gasteiger partial charge in [0.2, 0.25) is 5.91 Å². The molecule has 94 valence electrons. The first-order valence-electron chi connectivity index (χ1n) is 6.76. The number of carbonyl (C=O) groups excluding carboxylic acids is 1. The molecule has 0 bridgehead atoms. The first-order valence-corrected chi connectivity index (χ1v) is 6.76. The number of hydrogen-bond donors (Lipinski definition) is 2. The van der Waals surface area contributed by atoms with Crippen LogP contribution in [0.15, 0.2) is 0 Å². The molecule has 0 spiro atoms. The van der Waals surface area contributed by atoms with Crippen LogP contribution in [0, 0.1) is 11.8 Å². The highest BCUT2D eigenvalue weighted by molar-refractivity contribution is 5.78. The zero-order valence-corrected chi connectivity index (χ0v) is 10.7. The van der Waals surface area contributed by atoms with Crippen molar-refractivity contribution in [3.05, 3.63) is 0 Å². The van der Waals surface area contributed by atoms with E-state index in [0.29, 0.717) is 0 Å². The maximum absolute atomic E-state index is 11.7. The van der Waals surface area contributed by atoms with E-state index in [1.807, 2.05) is 0 Å². The smallest absolute Gasteiger partial charge is 0.223 e. The Balaban J connectivity index is 2.11. The summed E-state index contributed by atoms with van der Waals surface area (Å²) >= 11 is 0. The largest absolute Gasteiger partial charge is 0.356 e. The van der Waals surface area contributed by atoms with Gasteiger partial charge in [-0.2, -0.15) is 0 Å². The van der Waals surface area contributed by atoms with Gasteiger partial charge in [0.15, 0.2) is 0 Å². The van der Waals surface area contributed by atoms with E-state index in [0.717, 1.165) is 44.8 Å². The Morgan fingerprint density at radius 2 is 1.94 bits per heavy atom. The molecule has 2 N–H and O–H groups in total. The zero-order chi connectivity index (χ0) is 11.8. The summed E-state index contributed by atoms with van der Waals surface area (Å²) in [6, 6.07) is 0. The molecule has 1 amide bonds. The lowest BCUT2D eigenvalue weighted by Gasteiger charge is -2.23. The zero-order valence-electron chi connectivity index (χ0n) is 10.7. The van der Waals surface area contributed by atoms with Crippen LogP contribution < -0.4 is 10.6 Å². The third-order valence-corrected chi connectivity index (χ3v) is 3.67. The highest BCUT2D eigenvalue weighted by Gasteiger charge is 2.15. The van der Waals surface area contributed by atoms with Gasteiger partial charge in [0, 0.05) is 12.5 Å². The monoisotopic (exact) mass is 226 g/mol. The summed E-state index contributed by atoms with van der Waals surface area (Å²) in [5.41, 5.74) is 0. The number of piperidine rings is 1. The fraction of sp³-hybridized carbons (Fsp3) is 0.923. The molecule has 1 rings (SSSR count). The van der Waals surface area contributed by atoms with E-state index in [1.165, 1.54) is 12.8 Å². The molecule has 0 aromatic heterocycles. The van der Waals surface area contributed by atoms with E-state index >= 15 is 0 Å². The van der Waals surface area contributed by atoms with Crippen LogP contribution in [0.1, 0.15) is 46.0 Å². The van der Waals surface area contributed by atoms with Crippen molar-refractivity contribution in [2.75, 3.05) is 19.6 Å². The molecule has 0 radical (unpaired) electrons. The first kappa shape index (κ1) is 13.5. The summed E-state index contributed by atoms with van der Waals surface area (Å²) in [4.78, 5) is 11.7. The van der Waals surface area contributed by atoms with Crippen molar-refractivity contribution >= 4 is 5.91 Å². The topological polar surface area (TPSA) is 41.1 Å². The van der Waals surface area contributed by atoms with E-state index < -0.39 is 0 Å². The Kier molecular flexibility index (Phi) is 6.46. The summed E-state index contributed by atoms with van der Waals surface area (Å²) in [7, 11) is 0. The quantitative estimate of drug-likeness (QED) is 0.726. The van der Waals surface area contributed by atoms with Crippen molar-refractivity contribution in [3.63, 3.8) is 0 Å². The number of carbonyl (C=O) groups is 1. The number of hydrogen-bond acceptors (Lipinski definition) is 2. The fourth-order valence-corrected chi connectivity index (χ4v) is 2.37. The third kappa shape index (κ3) is 4.52. The molecule has 1 aliphatic heterocycles.